The minimum absolute atomic E-state index is 0.133. The highest BCUT2D eigenvalue weighted by atomic mass is 16.1. The summed E-state index contributed by atoms with van der Waals surface area (Å²) in [5.41, 5.74) is -0.133. The van der Waals surface area contributed by atoms with Gasteiger partial charge in [0, 0.05) is 11.8 Å². The first-order valence-electron chi connectivity index (χ1n) is 5.96. The minimum Gasteiger partial charge on any atom is -0.299 e. The van der Waals surface area contributed by atoms with Crippen LogP contribution in [0.5, 0.6) is 0 Å². The molecule has 0 aromatic carbocycles. The molecule has 1 heteroatoms. The summed E-state index contributed by atoms with van der Waals surface area (Å²) in [6.07, 6.45) is 5.54. The number of carbonyl (C=O) groups excluding carboxylic acids is 1. The molecule has 0 aromatic rings. The zero-order chi connectivity index (χ0) is 11.2. The molecule has 0 saturated heterocycles. The van der Waals surface area contributed by atoms with Crippen LogP contribution in [0.15, 0.2) is 0 Å². The van der Waals surface area contributed by atoms with E-state index in [1.165, 1.54) is 19.3 Å². The van der Waals surface area contributed by atoms with Crippen molar-refractivity contribution < 1.29 is 4.79 Å². The van der Waals surface area contributed by atoms with Gasteiger partial charge >= 0.3 is 0 Å². The van der Waals surface area contributed by atoms with E-state index < -0.39 is 0 Å². The van der Waals surface area contributed by atoms with Gasteiger partial charge in [0.25, 0.3) is 0 Å². The maximum absolute atomic E-state index is 11.9. The SMILES string of the molecule is CCCCCCC(=O)C(C)(C)C(C)C. The summed E-state index contributed by atoms with van der Waals surface area (Å²) in [6.45, 7) is 10.6. The smallest absolute Gasteiger partial charge is 0.138 e. The van der Waals surface area contributed by atoms with Gasteiger partial charge < -0.3 is 0 Å². The minimum atomic E-state index is -0.133. The number of rotatable bonds is 7. The van der Waals surface area contributed by atoms with Gasteiger partial charge in [0.05, 0.1) is 0 Å². The number of hydrogen-bond acceptors (Lipinski definition) is 1. The van der Waals surface area contributed by atoms with E-state index in [0.29, 0.717) is 11.7 Å². The summed E-state index contributed by atoms with van der Waals surface area (Å²) in [6, 6.07) is 0. The summed E-state index contributed by atoms with van der Waals surface area (Å²) in [4.78, 5) is 11.9. The van der Waals surface area contributed by atoms with Crippen molar-refractivity contribution >= 4 is 5.78 Å². The van der Waals surface area contributed by atoms with Gasteiger partial charge in [0.2, 0.25) is 0 Å². The predicted octanol–water partition coefficient (Wildman–Crippen LogP) is 4.21. The summed E-state index contributed by atoms with van der Waals surface area (Å²) < 4.78 is 0. The molecule has 0 bridgehead atoms. The second-order valence-corrected chi connectivity index (χ2v) is 5.11. The molecule has 0 aliphatic rings. The van der Waals surface area contributed by atoms with Gasteiger partial charge in [-0.05, 0) is 12.3 Å². The van der Waals surface area contributed by atoms with Crippen molar-refractivity contribution in [1.82, 2.24) is 0 Å². The summed E-state index contributed by atoms with van der Waals surface area (Å²) in [7, 11) is 0. The van der Waals surface area contributed by atoms with E-state index in [9.17, 15) is 4.79 Å². The van der Waals surface area contributed by atoms with Crippen LogP contribution in [-0.2, 0) is 4.79 Å². The quantitative estimate of drug-likeness (QED) is 0.560. The molecule has 0 aliphatic carbocycles. The molecule has 0 aromatic heterocycles. The van der Waals surface area contributed by atoms with E-state index in [1.807, 2.05) is 0 Å². The van der Waals surface area contributed by atoms with Crippen molar-refractivity contribution in [2.75, 3.05) is 0 Å². The van der Waals surface area contributed by atoms with Crippen molar-refractivity contribution in [2.24, 2.45) is 11.3 Å². The molecule has 0 amide bonds. The van der Waals surface area contributed by atoms with Gasteiger partial charge in [-0.2, -0.15) is 0 Å². The standard InChI is InChI=1S/C13H26O/c1-6-7-8-9-10-12(14)13(4,5)11(2)3/h11H,6-10H2,1-5H3. The fraction of sp³-hybridized carbons (Fsp3) is 0.923. The van der Waals surface area contributed by atoms with E-state index in [-0.39, 0.29) is 5.41 Å². The second-order valence-electron chi connectivity index (χ2n) is 5.11. The van der Waals surface area contributed by atoms with Gasteiger partial charge in [-0.1, -0.05) is 53.9 Å². The van der Waals surface area contributed by atoms with E-state index >= 15 is 0 Å². The molecule has 0 spiro atoms. The molecular weight excluding hydrogens is 172 g/mol. The third kappa shape index (κ3) is 4.26. The van der Waals surface area contributed by atoms with Crippen LogP contribution < -0.4 is 0 Å². The lowest BCUT2D eigenvalue weighted by atomic mass is 9.76. The average molecular weight is 198 g/mol. The third-order valence-corrected chi connectivity index (χ3v) is 3.42. The van der Waals surface area contributed by atoms with Crippen LogP contribution in [0, 0.1) is 11.3 Å². The first kappa shape index (κ1) is 13.7. The van der Waals surface area contributed by atoms with E-state index in [0.717, 1.165) is 12.8 Å². The highest BCUT2D eigenvalue weighted by Gasteiger charge is 2.29. The van der Waals surface area contributed by atoms with E-state index in [4.69, 9.17) is 0 Å². The molecule has 84 valence electrons. The van der Waals surface area contributed by atoms with E-state index in [2.05, 4.69) is 34.6 Å². The fourth-order valence-corrected chi connectivity index (χ4v) is 1.36. The molecule has 0 aliphatic heterocycles. The predicted molar refractivity (Wildman–Crippen MR) is 62.4 cm³/mol. The highest BCUT2D eigenvalue weighted by molar-refractivity contribution is 5.84. The number of Topliss-reactive ketones (excluding diaryl/α,β-unsaturated/α-hetero) is 1. The van der Waals surface area contributed by atoms with Crippen molar-refractivity contribution in [2.45, 2.75) is 66.7 Å². The molecule has 0 radical (unpaired) electrons. The second kappa shape index (κ2) is 6.21. The molecule has 0 rings (SSSR count). The Labute approximate surface area is 89.3 Å². The maximum Gasteiger partial charge on any atom is 0.138 e. The van der Waals surface area contributed by atoms with Crippen molar-refractivity contribution in [1.29, 1.82) is 0 Å². The summed E-state index contributed by atoms with van der Waals surface area (Å²) >= 11 is 0. The third-order valence-electron chi connectivity index (χ3n) is 3.42. The maximum atomic E-state index is 11.9. The molecule has 0 N–H and O–H groups in total. The molecule has 0 heterocycles. The van der Waals surface area contributed by atoms with E-state index in [1.54, 1.807) is 0 Å². The van der Waals surface area contributed by atoms with Crippen LogP contribution >= 0.6 is 0 Å². The van der Waals surface area contributed by atoms with Gasteiger partial charge in [0.1, 0.15) is 5.78 Å². The Morgan fingerprint density at radius 1 is 1.14 bits per heavy atom. The normalized spacial score (nSPS) is 12.1. The zero-order valence-corrected chi connectivity index (χ0v) is 10.5. The molecule has 0 saturated carbocycles. The van der Waals surface area contributed by atoms with Gasteiger partial charge in [-0.3, -0.25) is 4.79 Å². The van der Waals surface area contributed by atoms with Gasteiger partial charge in [-0.25, -0.2) is 0 Å². The summed E-state index contributed by atoms with van der Waals surface area (Å²) in [5, 5.41) is 0. The number of unbranched alkanes of at least 4 members (excludes halogenated alkanes) is 3. The van der Waals surface area contributed by atoms with Crippen molar-refractivity contribution in [3.63, 3.8) is 0 Å². The largest absolute Gasteiger partial charge is 0.299 e. The average Bonchev–Trinajstić information content (AvgIpc) is 2.11. The molecule has 14 heavy (non-hydrogen) atoms. The Hall–Kier alpha value is -0.330. The topological polar surface area (TPSA) is 17.1 Å². The zero-order valence-electron chi connectivity index (χ0n) is 10.5. The Morgan fingerprint density at radius 2 is 1.71 bits per heavy atom. The number of carbonyl (C=O) groups is 1. The van der Waals surface area contributed by atoms with Crippen LogP contribution in [0.2, 0.25) is 0 Å². The van der Waals surface area contributed by atoms with Crippen LogP contribution in [0.1, 0.15) is 66.7 Å². The Kier molecular flexibility index (Phi) is 6.06. The number of ketones is 1. The van der Waals surface area contributed by atoms with Crippen LogP contribution in [0.3, 0.4) is 0 Å². The first-order chi connectivity index (χ1) is 6.42. The van der Waals surface area contributed by atoms with Crippen LogP contribution in [0.25, 0.3) is 0 Å². The Morgan fingerprint density at radius 3 is 2.14 bits per heavy atom. The lowest BCUT2D eigenvalue weighted by molar-refractivity contribution is -0.129. The monoisotopic (exact) mass is 198 g/mol. The molecule has 0 unspecified atom stereocenters. The van der Waals surface area contributed by atoms with Gasteiger partial charge in [-0.15, -0.1) is 0 Å². The molecule has 0 atom stereocenters. The Bertz CT molecular complexity index is 168. The first-order valence-corrected chi connectivity index (χ1v) is 5.96. The fourth-order valence-electron chi connectivity index (χ4n) is 1.36. The lowest BCUT2D eigenvalue weighted by Gasteiger charge is -2.27. The lowest BCUT2D eigenvalue weighted by Crippen LogP contribution is -2.29. The van der Waals surface area contributed by atoms with Crippen molar-refractivity contribution in [3.8, 4) is 0 Å². The van der Waals surface area contributed by atoms with Gasteiger partial charge in [0.15, 0.2) is 0 Å². The molecule has 0 fully saturated rings. The Balaban J connectivity index is 3.84. The number of hydrogen-bond donors (Lipinski definition) is 0. The molecule has 1 nitrogen and oxygen atoms in total. The van der Waals surface area contributed by atoms with Crippen LogP contribution in [0.4, 0.5) is 0 Å². The highest BCUT2D eigenvalue weighted by Crippen LogP contribution is 2.29. The summed E-state index contributed by atoms with van der Waals surface area (Å²) in [5.74, 6) is 0.879. The van der Waals surface area contributed by atoms with Crippen molar-refractivity contribution in [3.05, 3.63) is 0 Å². The van der Waals surface area contributed by atoms with Crippen LogP contribution in [-0.4, -0.2) is 5.78 Å². The molecular formula is C13H26O.